The molecule has 18 heavy (non-hydrogen) atoms. The molecule has 0 bridgehead atoms. The highest BCUT2D eigenvalue weighted by atomic mass is 16.5. The number of carbonyl (C=O) groups excluding carboxylic acids is 1. The van der Waals surface area contributed by atoms with E-state index in [0.29, 0.717) is 13.2 Å². The number of carbonyl (C=O) groups is 1. The van der Waals surface area contributed by atoms with Gasteiger partial charge in [0.25, 0.3) is 0 Å². The smallest absolute Gasteiger partial charge is 0.166 e. The van der Waals surface area contributed by atoms with Crippen LogP contribution in [0, 0.1) is 0 Å². The van der Waals surface area contributed by atoms with E-state index in [1.165, 1.54) is 0 Å². The van der Waals surface area contributed by atoms with E-state index in [0.717, 1.165) is 24.0 Å². The molecule has 0 spiro atoms. The van der Waals surface area contributed by atoms with Gasteiger partial charge in [0.2, 0.25) is 0 Å². The van der Waals surface area contributed by atoms with Crippen LogP contribution in [0.25, 0.3) is 0 Å². The second-order valence-corrected chi connectivity index (χ2v) is 5.15. The highest BCUT2D eigenvalue weighted by Gasteiger charge is 2.39. The van der Waals surface area contributed by atoms with Crippen LogP contribution in [-0.2, 0) is 14.9 Å². The van der Waals surface area contributed by atoms with E-state index in [1.54, 1.807) is 6.08 Å². The minimum absolute atomic E-state index is 0.219. The molecule has 1 fully saturated rings. The molecule has 2 rings (SSSR count). The summed E-state index contributed by atoms with van der Waals surface area (Å²) in [5.74, 6) is 0.219. The Morgan fingerprint density at radius 1 is 1.17 bits per heavy atom. The normalized spacial score (nSPS) is 18.1. The Bertz CT molecular complexity index is 435. The summed E-state index contributed by atoms with van der Waals surface area (Å²) in [6.07, 6.45) is 3.33. The lowest BCUT2D eigenvalue weighted by atomic mass is 9.70. The molecule has 0 amide bonds. The molecule has 1 aliphatic heterocycles. The summed E-state index contributed by atoms with van der Waals surface area (Å²) in [5.41, 5.74) is 1.80. The fourth-order valence-corrected chi connectivity index (χ4v) is 2.55. The maximum Gasteiger partial charge on any atom is 0.166 e. The lowest BCUT2D eigenvalue weighted by Gasteiger charge is -2.35. The quantitative estimate of drug-likeness (QED) is 0.763. The largest absolute Gasteiger partial charge is 0.381 e. The number of hydrogen-bond donors (Lipinski definition) is 0. The zero-order valence-electron chi connectivity index (χ0n) is 11.1. The first-order chi connectivity index (χ1) is 8.65. The van der Waals surface area contributed by atoms with Crippen LogP contribution < -0.4 is 0 Å². The summed E-state index contributed by atoms with van der Waals surface area (Å²) in [6, 6.07) is 10.1. The fourth-order valence-electron chi connectivity index (χ4n) is 2.55. The molecule has 1 saturated heterocycles. The van der Waals surface area contributed by atoms with Crippen LogP contribution >= 0.6 is 0 Å². The van der Waals surface area contributed by atoms with Crippen LogP contribution in [0.5, 0.6) is 0 Å². The molecule has 0 unspecified atom stereocenters. The van der Waals surface area contributed by atoms with Crippen molar-refractivity contribution in [3.8, 4) is 0 Å². The Balaban J connectivity index is 2.41. The van der Waals surface area contributed by atoms with E-state index in [1.807, 2.05) is 32.0 Å². The molecular formula is C16H20O2. The third kappa shape index (κ3) is 2.54. The maximum absolute atomic E-state index is 12.6. The van der Waals surface area contributed by atoms with E-state index >= 15 is 0 Å². The summed E-state index contributed by atoms with van der Waals surface area (Å²) < 4.78 is 5.43. The van der Waals surface area contributed by atoms with Gasteiger partial charge in [0.1, 0.15) is 0 Å². The van der Waals surface area contributed by atoms with E-state index in [9.17, 15) is 4.79 Å². The zero-order valence-corrected chi connectivity index (χ0v) is 11.1. The van der Waals surface area contributed by atoms with Crippen molar-refractivity contribution in [2.75, 3.05) is 13.2 Å². The molecule has 96 valence electrons. The first-order valence-corrected chi connectivity index (χ1v) is 6.48. The summed E-state index contributed by atoms with van der Waals surface area (Å²) in [4.78, 5) is 12.6. The zero-order chi connectivity index (χ0) is 13.0. The van der Waals surface area contributed by atoms with Crippen molar-refractivity contribution in [2.45, 2.75) is 32.1 Å². The fraction of sp³-hybridized carbons (Fsp3) is 0.438. The SMILES string of the molecule is CC(C)=CC(=O)C1(c2ccccc2)CCOCC1. The lowest BCUT2D eigenvalue weighted by Crippen LogP contribution is -2.40. The van der Waals surface area contributed by atoms with Gasteiger partial charge >= 0.3 is 0 Å². The Morgan fingerprint density at radius 2 is 1.78 bits per heavy atom. The molecule has 1 aromatic carbocycles. The third-order valence-corrected chi connectivity index (χ3v) is 3.56. The number of ketones is 1. The summed E-state index contributed by atoms with van der Waals surface area (Å²) in [6.45, 7) is 5.26. The highest BCUT2D eigenvalue weighted by Crippen LogP contribution is 2.36. The van der Waals surface area contributed by atoms with Crippen molar-refractivity contribution < 1.29 is 9.53 Å². The van der Waals surface area contributed by atoms with Crippen molar-refractivity contribution in [1.82, 2.24) is 0 Å². The van der Waals surface area contributed by atoms with Gasteiger partial charge in [0.05, 0.1) is 5.41 Å². The number of ether oxygens (including phenoxy) is 1. The van der Waals surface area contributed by atoms with Crippen molar-refractivity contribution >= 4 is 5.78 Å². The Hall–Kier alpha value is -1.41. The summed E-state index contributed by atoms with van der Waals surface area (Å²) in [7, 11) is 0. The number of rotatable bonds is 3. The van der Waals surface area contributed by atoms with Gasteiger partial charge in [-0.3, -0.25) is 4.79 Å². The van der Waals surface area contributed by atoms with Crippen LogP contribution in [0.15, 0.2) is 42.0 Å². The number of benzene rings is 1. The summed E-state index contributed by atoms with van der Waals surface area (Å²) >= 11 is 0. The average molecular weight is 244 g/mol. The van der Waals surface area contributed by atoms with Crippen molar-refractivity contribution in [3.63, 3.8) is 0 Å². The van der Waals surface area contributed by atoms with Crippen LogP contribution in [0.2, 0.25) is 0 Å². The lowest BCUT2D eigenvalue weighted by molar-refractivity contribution is -0.123. The average Bonchev–Trinajstić information content (AvgIpc) is 2.40. The molecule has 0 aliphatic carbocycles. The Morgan fingerprint density at radius 3 is 2.33 bits per heavy atom. The van der Waals surface area contributed by atoms with Gasteiger partial charge in [-0.1, -0.05) is 35.9 Å². The predicted octanol–water partition coefficient (Wildman–Crippen LogP) is 3.27. The van der Waals surface area contributed by atoms with Gasteiger partial charge in [-0.15, -0.1) is 0 Å². The molecule has 1 aromatic rings. The molecule has 0 N–H and O–H groups in total. The highest BCUT2D eigenvalue weighted by molar-refractivity contribution is 5.99. The molecule has 0 radical (unpaired) electrons. The third-order valence-electron chi connectivity index (χ3n) is 3.56. The van der Waals surface area contributed by atoms with Gasteiger partial charge < -0.3 is 4.74 Å². The molecule has 1 heterocycles. The second kappa shape index (κ2) is 5.49. The van der Waals surface area contributed by atoms with Crippen LogP contribution in [0.4, 0.5) is 0 Å². The van der Waals surface area contributed by atoms with E-state index in [2.05, 4.69) is 12.1 Å². The molecular weight excluding hydrogens is 224 g/mol. The standard InChI is InChI=1S/C16H20O2/c1-13(2)12-15(17)16(8-10-18-11-9-16)14-6-4-3-5-7-14/h3-7,12H,8-11H2,1-2H3. The van der Waals surface area contributed by atoms with Gasteiger partial charge in [0.15, 0.2) is 5.78 Å². The van der Waals surface area contributed by atoms with Crippen LogP contribution in [-0.4, -0.2) is 19.0 Å². The van der Waals surface area contributed by atoms with Gasteiger partial charge in [-0.25, -0.2) is 0 Å². The predicted molar refractivity (Wildman–Crippen MR) is 72.6 cm³/mol. The van der Waals surface area contributed by atoms with E-state index in [4.69, 9.17) is 4.74 Å². The van der Waals surface area contributed by atoms with Crippen LogP contribution in [0.1, 0.15) is 32.3 Å². The molecule has 2 heteroatoms. The monoisotopic (exact) mass is 244 g/mol. The van der Waals surface area contributed by atoms with Gasteiger partial charge in [-0.2, -0.15) is 0 Å². The van der Waals surface area contributed by atoms with E-state index in [-0.39, 0.29) is 11.2 Å². The minimum Gasteiger partial charge on any atom is -0.381 e. The van der Waals surface area contributed by atoms with Crippen molar-refractivity contribution in [2.24, 2.45) is 0 Å². The Kier molecular flexibility index (Phi) is 3.97. The van der Waals surface area contributed by atoms with E-state index < -0.39 is 0 Å². The first kappa shape index (κ1) is 13.0. The van der Waals surface area contributed by atoms with Crippen molar-refractivity contribution in [1.29, 1.82) is 0 Å². The molecule has 0 aromatic heterocycles. The molecule has 2 nitrogen and oxygen atoms in total. The minimum atomic E-state index is -0.378. The summed E-state index contributed by atoms with van der Waals surface area (Å²) in [5, 5.41) is 0. The second-order valence-electron chi connectivity index (χ2n) is 5.15. The number of hydrogen-bond acceptors (Lipinski definition) is 2. The Labute approximate surface area is 109 Å². The molecule has 1 aliphatic rings. The van der Waals surface area contributed by atoms with Gasteiger partial charge in [0, 0.05) is 13.2 Å². The first-order valence-electron chi connectivity index (χ1n) is 6.48. The topological polar surface area (TPSA) is 26.3 Å². The van der Waals surface area contributed by atoms with Gasteiger partial charge in [-0.05, 0) is 38.3 Å². The number of allylic oxidation sites excluding steroid dienone is 2. The molecule has 0 saturated carbocycles. The molecule has 0 atom stereocenters. The van der Waals surface area contributed by atoms with Crippen LogP contribution in [0.3, 0.4) is 0 Å². The van der Waals surface area contributed by atoms with Crippen molar-refractivity contribution in [3.05, 3.63) is 47.5 Å². The maximum atomic E-state index is 12.6.